The quantitative estimate of drug-likeness (QED) is 0.0384. The highest BCUT2D eigenvalue weighted by atomic mass is 35.5. The van der Waals surface area contributed by atoms with Gasteiger partial charge in [-0.05, 0) is 69.4 Å². The number of rotatable bonds is 25. The first-order valence-corrected chi connectivity index (χ1v) is 31.5. The van der Waals surface area contributed by atoms with Gasteiger partial charge in [-0.25, -0.2) is 9.48 Å². The molecule has 1 aliphatic carbocycles. The van der Waals surface area contributed by atoms with Gasteiger partial charge in [-0.15, -0.1) is 15.0 Å². The molecule has 3 aromatic heterocycles. The molecular formula is C39H67ClN9O12PSi2. The summed E-state index contributed by atoms with van der Waals surface area (Å²) in [6.07, 6.45) is 0.311. The van der Waals surface area contributed by atoms with Gasteiger partial charge >= 0.3 is 13.7 Å². The average molecular weight is 977 g/mol. The zero-order valence-corrected chi connectivity index (χ0v) is 42.5. The molecule has 1 saturated carbocycles. The fourth-order valence-corrected chi connectivity index (χ4v) is 11.5. The van der Waals surface area contributed by atoms with E-state index in [0.29, 0.717) is 31.4 Å². The van der Waals surface area contributed by atoms with Crippen molar-refractivity contribution in [2.24, 2.45) is 0 Å². The lowest BCUT2D eigenvalue weighted by atomic mass is 10.1. The van der Waals surface area contributed by atoms with E-state index in [2.05, 4.69) is 69.8 Å². The Hall–Kier alpha value is -2.52. The van der Waals surface area contributed by atoms with E-state index in [4.69, 9.17) is 53.8 Å². The minimum atomic E-state index is -4.20. The molecule has 360 valence electrons. The van der Waals surface area contributed by atoms with Crippen LogP contribution in [0.1, 0.15) is 65.4 Å². The third-order valence-corrected chi connectivity index (χ3v) is 17.2. The summed E-state index contributed by atoms with van der Waals surface area (Å²) in [6, 6.07) is 1.57. The number of carboxylic acid groups (broad SMARTS) is 1. The molecule has 21 nitrogen and oxygen atoms in total. The zero-order valence-electron chi connectivity index (χ0n) is 38.9. The van der Waals surface area contributed by atoms with Crippen molar-refractivity contribution in [1.29, 1.82) is 0 Å². The topological polar surface area (TPSA) is 228 Å². The largest absolute Gasteiger partial charge is 0.465 e. The fourth-order valence-electron chi connectivity index (χ4n) is 7.86. The van der Waals surface area contributed by atoms with E-state index < -0.39 is 65.5 Å². The van der Waals surface area contributed by atoms with Crippen LogP contribution in [-0.2, 0) is 60.1 Å². The van der Waals surface area contributed by atoms with Crippen molar-refractivity contribution in [2.75, 3.05) is 51.1 Å². The second-order valence-electron chi connectivity index (χ2n) is 19.2. The second-order valence-corrected chi connectivity index (χ2v) is 33.1. The minimum absolute atomic E-state index is 0.0432. The molecule has 6 rings (SSSR count). The summed E-state index contributed by atoms with van der Waals surface area (Å²) in [5.74, 6) is -0.625. The minimum Gasteiger partial charge on any atom is -0.465 e. The molecule has 2 aliphatic heterocycles. The number of nitrogens with zero attached hydrogens (tertiary/aromatic N) is 9. The molecule has 5 atom stereocenters. The smallest absolute Gasteiger partial charge is 0.413 e. The van der Waals surface area contributed by atoms with Crippen molar-refractivity contribution in [1.82, 2.24) is 40.0 Å². The van der Waals surface area contributed by atoms with E-state index in [1.54, 1.807) is 27.7 Å². The Bertz CT molecular complexity index is 2060. The number of fused-ring (bicyclic) bond motifs is 2. The maximum atomic E-state index is 15.1. The zero-order chi connectivity index (χ0) is 46.5. The molecule has 25 heteroatoms. The number of tetrazole rings is 1. The van der Waals surface area contributed by atoms with E-state index in [0.717, 1.165) is 24.9 Å². The molecule has 3 aliphatic rings. The van der Waals surface area contributed by atoms with Crippen molar-refractivity contribution >= 4 is 58.3 Å². The molecule has 5 heterocycles. The van der Waals surface area contributed by atoms with Crippen LogP contribution in [0.15, 0.2) is 6.20 Å². The highest BCUT2D eigenvalue weighted by molar-refractivity contribution is 7.55. The first-order valence-electron chi connectivity index (χ1n) is 22.1. The van der Waals surface area contributed by atoms with Gasteiger partial charge in [0.15, 0.2) is 36.0 Å². The van der Waals surface area contributed by atoms with Crippen molar-refractivity contribution in [2.45, 2.75) is 160 Å². The molecule has 0 spiro atoms. The van der Waals surface area contributed by atoms with Gasteiger partial charge in [-0.1, -0.05) is 52.1 Å². The lowest BCUT2D eigenvalue weighted by molar-refractivity contribution is -0.209. The monoisotopic (exact) mass is 975 g/mol. The molecule has 1 unspecified atom stereocenters. The molecule has 2 saturated heterocycles. The van der Waals surface area contributed by atoms with Gasteiger partial charge in [0.2, 0.25) is 10.6 Å². The standard InChI is InChI=1S/C39H67ClN9O12PSi2/c1-11-57-62(52,58-12-2)39(24-53-17-19-63(5,6)7,25-55-23-30-44-46-47(45-30)26-54-18-20-64(8,9)10)56-22-29-31-32(61-38(3,4)60-31)35(59-29)49-34-28(21-41-49)33(42-36(40)43-34)48(37(50)51)27-15-13-14-16-27/h21,27,29,31-32,35H,11-20,22-26H2,1-10H3,(H,50,51)/t29-,31-,32-,35-,39?/m1/s1. The Kier molecular flexibility index (Phi) is 16.9. The Morgan fingerprint density at radius 2 is 1.62 bits per heavy atom. The Morgan fingerprint density at radius 1 is 0.984 bits per heavy atom. The van der Waals surface area contributed by atoms with Gasteiger partial charge in [0.25, 0.3) is 0 Å². The highest BCUT2D eigenvalue weighted by Crippen LogP contribution is 2.61. The Labute approximate surface area is 381 Å². The van der Waals surface area contributed by atoms with Crippen LogP contribution < -0.4 is 4.90 Å². The van der Waals surface area contributed by atoms with Crippen molar-refractivity contribution in [3.63, 3.8) is 0 Å². The highest BCUT2D eigenvalue weighted by Gasteiger charge is 2.59. The maximum Gasteiger partial charge on any atom is 0.413 e. The van der Waals surface area contributed by atoms with Crippen LogP contribution in [0, 0.1) is 0 Å². The lowest BCUT2D eigenvalue weighted by Crippen LogP contribution is -2.47. The van der Waals surface area contributed by atoms with Crippen molar-refractivity contribution in [3.05, 3.63) is 17.3 Å². The Balaban J connectivity index is 1.28. The SMILES string of the molecule is CCOP(=O)(OCC)C(COCC[Si](C)(C)C)(COCc1nnn(COCC[Si](C)(C)C)n1)OC[C@H]1O[C@@H](n2ncc3c(N(C(=O)O)C4CCCC4)nc(Cl)nc32)[C@@H]2OC(C)(C)O[C@@H]21. The maximum absolute atomic E-state index is 15.1. The number of halogens is 1. The van der Waals surface area contributed by atoms with Crippen molar-refractivity contribution < 1.29 is 56.7 Å². The summed E-state index contributed by atoms with van der Waals surface area (Å²) < 4.78 is 73.3. The summed E-state index contributed by atoms with van der Waals surface area (Å²) in [5, 5.41) is 26.1. The number of carbonyl (C=O) groups is 1. The van der Waals surface area contributed by atoms with Crippen LogP contribution in [0.3, 0.4) is 0 Å². The molecule has 3 fully saturated rings. The first-order chi connectivity index (χ1) is 30.2. The van der Waals surface area contributed by atoms with Gasteiger partial charge in [-0.3, -0.25) is 9.46 Å². The summed E-state index contributed by atoms with van der Waals surface area (Å²) in [4.78, 5) is 24.1. The van der Waals surface area contributed by atoms with Gasteiger partial charge < -0.3 is 47.3 Å². The van der Waals surface area contributed by atoms with Crippen LogP contribution in [0.2, 0.25) is 56.7 Å². The number of hydrogen-bond acceptors (Lipinski definition) is 17. The summed E-state index contributed by atoms with van der Waals surface area (Å²) in [5.41, 5.74) is 0.247. The van der Waals surface area contributed by atoms with Gasteiger partial charge in [0, 0.05) is 35.4 Å². The molecule has 0 radical (unpaired) electrons. The van der Waals surface area contributed by atoms with Crippen LogP contribution in [0.25, 0.3) is 11.0 Å². The first kappa shape index (κ1) is 50.9. The summed E-state index contributed by atoms with van der Waals surface area (Å²) in [6.45, 7) is 20.9. The molecular weight excluding hydrogens is 909 g/mol. The lowest BCUT2D eigenvalue weighted by Gasteiger charge is -2.39. The van der Waals surface area contributed by atoms with Crippen LogP contribution in [0.4, 0.5) is 10.6 Å². The van der Waals surface area contributed by atoms with Gasteiger partial charge in [-0.2, -0.15) is 15.1 Å². The number of anilines is 1. The molecule has 1 amide bonds. The van der Waals surface area contributed by atoms with E-state index in [9.17, 15) is 9.90 Å². The summed E-state index contributed by atoms with van der Waals surface area (Å²) >= 11 is 6.50. The predicted octanol–water partition coefficient (Wildman–Crippen LogP) is 7.17. The van der Waals surface area contributed by atoms with Crippen LogP contribution >= 0.6 is 19.2 Å². The normalized spacial score (nSPS) is 22.7. The average Bonchev–Trinajstić information content (AvgIpc) is 4.04. The van der Waals surface area contributed by atoms with Gasteiger partial charge in [0.1, 0.15) is 24.9 Å². The molecule has 3 aromatic rings. The second kappa shape index (κ2) is 21.2. The number of ether oxygens (including phenoxy) is 7. The number of aromatic nitrogens is 8. The molecule has 0 bridgehead atoms. The third kappa shape index (κ3) is 12.5. The van der Waals surface area contributed by atoms with Crippen LogP contribution in [0.5, 0.6) is 0 Å². The van der Waals surface area contributed by atoms with E-state index in [-0.39, 0.29) is 75.0 Å². The molecule has 0 aromatic carbocycles. The fraction of sp³-hybridized carbons (Fsp3) is 0.821. The van der Waals surface area contributed by atoms with E-state index >= 15 is 4.57 Å². The van der Waals surface area contributed by atoms with Gasteiger partial charge in [0.05, 0.1) is 44.6 Å². The molecule has 64 heavy (non-hydrogen) atoms. The summed E-state index contributed by atoms with van der Waals surface area (Å²) in [7, 11) is -7.01. The van der Waals surface area contributed by atoms with E-state index in [1.165, 1.54) is 20.6 Å². The van der Waals surface area contributed by atoms with Crippen molar-refractivity contribution in [3.8, 4) is 0 Å². The Morgan fingerprint density at radius 3 is 2.27 bits per heavy atom. The molecule has 1 N–H and O–H groups in total. The number of hydrogen-bond donors (Lipinski definition) is 1. The van der Waals surface area contributed by atoms with Crippen LogP contribution in [-0.4, -0.2) is 149 Å². The predicted molar refractivity (Wildman–Crippen MR) is 241 cm³/mol. The number of amides is 1. The third-order valence-electron chi connectivity index (χ3n) is 11.1. The van der Waals surface area contributed by atoms with E-state index in [1.807, 2.05) is 0 Å².